The van der Waals surface area contributed by atoms with Gasteiger partial charge in [0, 0.05) is 24.2 Å². The third kappa shape index (κ3) is 3.57. The van der Waals surface area contributed by atoms with Crippen LogP contribution in [0.15, 0.2) is 65.9 Å². The van der Waals surface area contributed by atoms with Gasteiger partial charge in [-0.1, -0.05) is 48.0 Å². The predicted molar refractivity (Wildman–Crippen MR) is 95.1 cm³/mol. The van der Waals surface area contributed by atoms with Gasteiger partial charge in [-0.05, 0) is 19.1 Å². The maximum Gasteiger partial charge on any atom is 0.236 e. The molecule has 0 aliphatic heterocycles. The maximum atomic E-state index is 11.0. The predicted octanol–water partition coefficient (Wildman–Crippen LogP) is 3.32. The Morgan fingerprint density at radius 3 is 2.50 bits per heavy atom. The van der Waals surface area contributed by atoms with Crippen molar-refractivity contribution >= 4 is 12.1 Å². The van der Waals surface area contributed by atoms with Crippen LogP contribution in [0.5, 0.6) is 0 Å². The van der Waals surface area contributed by atoms with E-state index in [0.717, 1.165) is 22.5 Å². The van der Waals surface area contributed by atoms with Crippen LogP contribution in [0, 0.1) is 6.92 Å². The summed E-state index contributed by atoms with van der Waals surface area (Å²) >= 11 is 0. The van der Waals surface area contributed by atoms with E-state index in [-0.39, 0.29) is 5.91 Å². The molecule has 24 heavy (non-hydrogen) atoms. The highest BCUT2D eigenvalue weighted by Crippen LogP contribution is 2.23. The lowest BCUT2D eigenvalue weighted by molar-refractivity contribution is -0.118. The number of hydrogen-bond donors (Lipinski definition) is 1. The Morgan fingerprint density at radius 2 is 1.83 bits per heavy atom. The lowest BCUT2D eigenvalue weighted by Gasteiger charge is -2.01. The molecule has 1 heterocycles. The summed E-state index contributed by atoms with van der Waals surface area (Å²) in [5.41, 5.74) is 7.22. The fourth-order valence-corrected chi connectivity index (χ4v) is 2.32. The summed E-state index contributed by atoms with van der Waals surface area (Å²) in [5, 5.41) is 8.66. The van der Waals surface area contributed by atoms with Crippen LogP contribution in [0.3, 0.4) is 0 Å². The Labute approximate surface area is 140 Å². The van der Waals surface area contributed by atoms with Crippen molar-refractivity contribution < 1.29 is 4.79 Å². The van der Waals surface area contributed by atoms with Crippen LogP contribution in [0.2, 0.25) is 0 Å². The molecule has 2 aromatic carbocycles. The molecule has 0 unspecified atom stereocenters. The number of carbonyl (C=O) groups excluding carboxylic acids is 1. The topological polar surface area (TPSA) is 59.3 Å². The summed E-state index contributed by atoms with van der Waals surface area (Å²) in [5.74, 6) is -0.210. The third-order valence-corrected chi connectivity index (χ3v) is 3.51. The molecule has 0 radical (unpaired) electrons. The molecule has 0 fully saturated rings. The van der Waals surface area contributed by atoms with E-state index in [0.29, 0.717) is 0 Å². The second-order valence-corrected chi connectivity index (χ2v) is 5.51. The van der Waals surface area contributed by atoms with Gasteiger partial charge in [-0.15, -0.1) is 0 Å². The first-order valence-electron chi connectivity index (χ1n) is 7.65. The number of carbonyl (C=O) groups is 1. The number of benzene rings is 2. The average molecular weight is 318 g/mol. The second-order valence-electron chi connectivity index (χ2n) is 5.51. The first-order valence-corrected chi connectivity index (χ1v) is 7.65. The van der Waals surface area contributed by atoms with E-state index in [1.54, 1.807) is 6.21 Å². The van der Waals surface area contributed by atoms with Crippen molar-refractivity contribution in [2.24, 2.45) is 5.10 Å². The average Bonchev–Trinajstić information content (AvgIpc) is 3.00. The Balaban J connectivity index is 2.04. The van der Waals surface area contributed by atoms with Crippen molar-refractivity contribution in [3.63, 3.8) is 0 Å². The van der Waals surface area contributed by atoms with Gasteiger partial charge in [0.05, 0.1) is 11.9 Å². The molecule has 1 amide bonds. The van der Waals surface area contributed by atoms with Crippen molar-refractivity contribution in [1.82, 2.24) is 15.2 Å². The van der Waals surface area contributed by atoms with E-state index in [4.69, 9.17) is 5.10 Å². The van der Waals surface area contributed by atoms with Crippen LogP contribution in [-0.4, -0.2) is 21.9 Å². The Kier molecular flexibility index (Phi) is 4.52. The van der Waals surface area contributed by atoms with Crippen LogP contribution >= 0.6 is 0 Å². The number of nitrogens with one attached hydrogen (secondary N) is 1. The molecule has 0 atom stereocenters. The molecule has 0 bridgehead atoms. The van der Waals surface area contributed by atoms with E-state index in [1.165, 1.54) is 12.5 Å². The minimum atomic E-state index is -0.210. The highest BCUT2D eigenvalue weighted by atomic mass is 16.2. The van der Waals surface area contributed by atoms with E-state index in [2.05, 4.69) is 10.5 Å². The van der Waals surface area contributed by atoms with Crippen molar-refractivity contribution in [2.75, 3.05) is 0 Å². The fraction of sp³-hybridized carbons (Fsp3) is 0.105. The SMILES string of the molecule is CC(=O)N/N=C\c1cn(-c2ccccc2)nc1-c1ccc(C)cc1. The molecule has 0 aliphatic rings. The summed E-state index contributed by atoms with van der Waals surface area (Å²) < 4.78 is 1.81. The van der Waals surface area contributed by atoms with E-state index in [9.17, 15) is 4.79 Å². The summed E-state index contributed by atoms with van der Waals surface area (Å²) in [4.78, 5) is 11.0. The number of aryl methyl sites for hydroxylation is 1. The summed E-state index contributed by atoms with van der Waals surface area (Å²) in [6, 6.07) is 18.0. The molecule has 1 aromatic heterocycles. The van der Waals surface area contributed by atoms with Gasteiger partial charge < -0.3 is 0 Å². The normalized spacial score (nSPS) is 10.9. The van der Waals surface area contributed by atoms with Crippen LogP contribution < -0.4 is 5.43 Å². The van der Waals surface area contributed by atoms with Gasteiger partial charge in [0.1, 0.15) is 5.69 Å². The van der Waals surface area contributed by atoms with E-state index < -0.39 is 0 Å². The smallest absolute Gasteiger partial charge is 0.236 e. The van der Waals surface area contributed by atoms with Crippen LogP contribution in [-0.2, 0) is 4.79 Å². The van der Waals surface area contributed by atoms with E-state index >= 15 is 0 Å². The molecule has 5 heteroatoms. The van der Waals surface area contributed by atoms with Gasteiger partial charge >= 0.3 is 0 Å². The lowest BCUT2D eigenvalue weighted by atomic mass is 10.1. The number of hydrogen-bond acceptors (Lipinski definition) is 3. The first kappa shape index (κ1) is 15.7. The van der Waals surface area contributed by atoms with Gasteiger partial charge in [0.25, 0.3) is 0 Å². The second kappa shape index (κ2) is 6.91. The highest BCUT2D eigenvalue weighted by Gasteiger charge is 2.11. The fourth-order valence-electron chi connectivity index (χ4n) is 2.32. The number of nitrogens with zero attached hydrogens (tertiary/aromatic N) is 3. The van der Waals surface area contributed by atoms with Crippen LogP contribution in [0.25, 0.3) is 16.9 Å². The summed E-state index contributed by atoms with van der Waals surface area (Å²) in [6.45, 7) is 3.47. The van der Waals surface area contributed by atoms with Gasteiger partial charge in [0.2, 0.25) is 5.91 Å². The Morgan fingerprint density at radius 1 is 1.12 bits per heavy atom. The minimum absolute atomic E-state index is 0.210. The minimum Gasteiger partial charge on any atom is -0.274 e. The van der Waals surface area contributed by atoms with Gasteiger partial charge in [-0.2, -0.15) is 10.2 Å². The number of aromatic nitrogens is 2. The largest absolute Gasteiger partial charge is 0.274 e. The zero-order valence-electron chi connectivity index (χ0n) is 13.6. The number of para-hydroxylation sites is 1. The molecule has 5 nitrogen and oxygen atoms in total. The molecule has 0 aliphatic carbocycles. The number of hydrazone groups is 1. The monoisotopic (exact) mass is 318 g/mol. The maximum absolute atomic E-state index is 11.0. The molecular weight excluding hydrogens is 300 g/mol. The van der Waals surface area contributed by atoms with Gasteiger partial charge in [0.15, 0.2) is 0 Å². The Bertz CT molecular complexity index is 864. The third-order valence-electron chi connectivity index (χ3n) is 3.51. The Hall–Kier alpha value is -3.21. The molecular formula is C19H18N4O. The molecule has 120 valence electrons. The standard InChI is InChI=1S/C19H18N4O/c1-14-8-10-16(11-9-14)19-17(12-20-21-15(2)24)13-23(22-19)18-6-4-3-5-7-18/h3-13H,1-2H3,(H,21,24)/b20-12-. The number of amides is 1. The van der Waals surface area contributed by atoms with Gasteiger partial charge in [-0.25, -0.2) is 10.1 Å². The van der Waals surface area contributed by atoms with E-state index in [1.807, 2.05) is 72.4 Å². The van der Waals surface area contributed by atoms with Crippen molar-refractivity contribution in [3.8, 4) is 16.9 Å². The summed E-state index contributed by atoms with van der Waals surface area (Å²) in [6.07, 6.45) is 3.51. The first-order chi connectivity index (χ1) is 11.6. The molecule has 3 rings (SSSR count). The molecule has 1 N–H and O–H groups in total. The van der Waals surface area contributed by atoms with Crippen molar-refractivity contribution in [1.29, 1.82) is 0 Å². The molecule has 0 saturated heterocycles. The molecule has 3 aromatic rings. The van der Waals surface area contributed by atoms with Gasteiger partial charge in [-0.3, -0.25) is 4.79 Å². The lowest BCUT2D eigenvalue weighted by Crippen LogP contribution is -2.12. The quantitative estimate of drug-likeness (QED) is 0.592. The van der Waals surface area contributed by atoms with Crippen LogP contribution in [0.1, 0.15) is 18.1 Å². The summed E-state index contributed by atoms with van der Waals surface area (Å²) in [7, 11) is 0. The highest BCUT2D eigenvalue weighted by molar-refractivity contribution is 5.89. The molecule has 0 saturated carbocycles. The zero-order chi connectivity index (χ0) is 16.9. The molecule has 0 spiro atoms. The van der Waals surface area contributed by atoms with Crippen molar-refractivity contribution in [2.45, 2.75) is 13.8 Å². The number of rotatable bonds is 4. The zero-order valence-corrected chi connectivity index (χ0v) is 13.6. The van der Waals surface area contributed by atoms with Crippen LogP contribution in [0.4, 0.5) is 0 Å². The van der Waals surface area contributed by atoms with Crippen molar-refractivity contribution in [3.05, 3.63) is 71.9 Å².